The highest BCUT2D eigenvalue weighted by molar-refractivity contribution is 5.96. The van der Waals surface area contributed by atoms with Crippen LogP contribution in [0.5, 0.6) is 5.75 Å². The first kappa shape index (κ1) is 20.8. The third-order valence-corrected chi connectivity index (χ3v) is 5.56. The number of ketones is 1. The summed E-state index contributed by atoms with van der Waals surface area (Å²) in [5.74, 6) is 1.68. The Kier molecular flexibility index (Phi) is 6.11. The molecule has 0 N–H and O–H groups in total. The van der Waals surface area contributed by atoms with Gasteiger partial charge in [0, 0.05) is 49.4 Å². The second-order valence-electron chi connectivity index (χ2n) is 7.82. The van der Waals surface area contributed by atoms with Gasteiger partial charge in [0.15, 0.2) is 11.6 Å². The second kappa shape index (κ2) is 9.12. The topological polar surface area (TPSA) is 85.5 Å². The number of likely N-dealkylation sites (tertiary alicyclic amines) is 1. The number of ether oxygens (including phenoxy) is 1. The van der Waals surface area contributed by atoms with Crippen LogP contribution in [0, 0.1) is 6.92 Å². The van der Waals surface area contributed by atoms with Crippen LogP contribution in [0.2, 0.25) is 0 Å². The Bertz CT molecular complexity index is 1070. The highest BCUT2D eigenvalue weighted by Gasteiger charge is 2.34. The molecule has 1 amide bonds. The molecule has 0 bridgehead atoms. The molecule has 1 saturated heterocycles. The van der Waals surface area contributed by atoms with Crippen molar-refractivity contribution in [2.24, 2.45) is 0 Å². The maximum Gasteiger partial charge on any atom is 0.227 e. The van der Waals surface area contributed by atoms with Crippen molar-refractivity contribution in [3.63, 3.8) is 0 Å². The molecular weight excluding hydrogens is 394 g/mol. The molecule has 2 aromatic carbocycles. The van der Waals surface area contributed by atoms with Crippen molar-refractivity contribution >= 4 is 11.7 Å². The summed E-state index contributed by atoms with van der Waals surface area (Å²) in [6, 6.07) is 15.2. The van der Waals surface area contributed by atoms with E-state index in [0.29, 0.717) is 49.6 Å². The number of carbonyl (C=O) groups is 2. The van der Waals surface area contributed by atoms with Crippen LogP contribution in [0.15, 0.2) is 53.1 Å². The quantitative estimate of drug-likeness (QED) is 0.518. The van der Waals surface area contributed by atoms with E-state index < -0.39 is 0 Å². The van der Waals surface area contributed by atoms with Gasteiger partial charge in [-0.05, 0) is 13.0 Å². The summed E-state index contributed by atoms with van der Waals surface area (Å²) in [6.45, 7) is 2.99. The lowest BCUT2D eigenvalue weighted by atomic mass is 10.1. The van der Waals surface area contributed by atoms with Crippen molar-refractivity contribution in [3.05, 3.63) is 76.9 Å². The molecule has 160 valence electrons. The second-order valence-corrected chi connectivity index (χ2v) is 7.82. The van der Waals surface area contributed by atoms with Crippen LogP contribution in [-0.2, 0) is 17.8 Å². The molecule has 0 aliphatic carbocycles. The molecule has 1 aliphatic heterocycles. The van der Waals surface area contributed by atoms with Crippen LogP contribution in [0.1, 0.15) is 52.0 Å². The van der Waals surface area contributed by atoms with Crippen LogP contribution in [0.4, 0.5) is 0 Å². The molecular formula is C24H25N3O4. The number of hydrogen-bond donors (Lipinski definition) is 0. The van der Waals surface area contributed by atoms with Crippen LogP contribution in [0.25, 0.3) is 0 Å². The number of hydrogen-bond acceptors (Lipinski definition) is 6. The summed E-state index contributed by atoms with van der Waals surface area (Å²) in [6.07, 6.45) is 1.02. The number of Topliss-reactive ketones (excluding diaryl/α,β-unsaturated/α-hetero) is 1. The van der Waals surface area contributed by atoms with E-state index >= 15 is 0 Å². The van der Waals surface area contributed by atoms with Gasteiger partial charge in [0.2, 0.25) is 11.8 Å². The van der Waals surface area contributed by atoms with Crippen molar-refractivity contribution in [1.82, 2.24) is 15.0 Å². The van der Waals surface area contributed by atoms with Gasteiger partial charge in [0.05, 0.1) is 7.11 Å². The van der Waals surface area contributed by atoms with Crippen LogP contribution in [-0.4, -0.2) is 40.4 Å². The number of aromatic nitrogens is 2. The molecule has 1 unspecified atom stereocenters. The zero-order chi connectivity index (χ0) is 21.8. The van der Waals surface area contributed by atoms with Crippen molar-refractivity contribution in [3.8, 4) is 5.75 Å². The first-order valence-corrected chi connectivity index (χ1v) is 10.4. The van der Waals surface area contributed by atoms with Gasteiger partial charge in [0.1, 0.15) is 5.75 Å². The van der Waals surface area contributed by atoms with Crippen LogP contribution in [0.3, 0.4) is 0 Å². The lowest BCUT2D eigenvalue weighted by Gasteiger charge is -2.17. The molecule has 2 heterocycles. The molecule has 1 fully saturated rings. The van der Waals surface area contributed by atoms with E-state index in [2.05, 4.69) is 10.1 Å². The highest BCUT2D eigenvalue weighted by Crippen LogP contribution is 2.29. The summed E-state index contributed by atoms with van der Waals surface area (Å²) in [7, 11) is 1.62. The largest absolute Gasteiger partial charge is 0.496 e. The van der Waals surface area contributed by atoms with E-state index in [1.807, 2.05) is 55.5 Å². The summed E-state index contributed by atoms with van der Waals surface area (Å²) < 4.78 is 10.7. The molecule has 0 saturated carbocycles. The maximum atomic E-state index is 12.5. The van der Waals surface area contributed by atoms with E-state index in [-0.39, 0.29) is 17.6 Å². The predicted octanol–water partition coefficient (Wildman–Crippen LogP) is 3.72. The Balaban J connectivity index is 1.35. The van der Waals surface area contributed by atoms with E-state index in [1.54, 1.807) is 12.0 Å². The fourth-order valence-electron chi connectivity index (χ4n) is 3.78. The molecule has 1 atom stereocenters. The van der Waals surface area contributed by atoms with Gasteiger partial charge in [-0.1, -0.05) is 53.2 Å². The van der Waals surface area contributed by atoms with Crippen molar-refractivity contribution in [2.75, 3.05) is 13.7 Å². The number of carbonyl (C=O) groups excluding carboxylic acids is 2. The van der Waals surface area contributed by atoms with Gasteiger partial charge in [-0.15, -0.1) is 0 Å². The number of benzene rings is 2. The first-order chi connectivity index (χ1) is 15.0. The van der Waals surface area contributed by atoms with Crippen LogP contribution >= 0.6 is 0 Å². The fraction of sp³-hybridized carbons (Fsp3) is 0.333. The number of methoxy groups -OCH3 is 1. The Morgan fingerprint density at radius 1 is 1.19 bits per heavy atom. The Labute approximate surface area is 181 Å². The molecule has 1 aliphatic rings. The molecule has 1 aromatic heterocycles. The van der Waals surface area contributed by atoms with Gasteiger partial charge < -0.3 is 14.2 Å². The highest BCUT2D eigenvalue weighted by atomic mass is 16.5. The van der Waals surface area contributed by atoms with Crippen molar-refractivity contribution < 1.29 is 18.8 Å². The molecule has 0 spiro atoms. The standard InChI is InChI=1S/C24H25N3O4/c1-16-7-9-17(10-8-16)20(28)11-12-22-25-24(26-31-22)19-13-23(29)27(15-19)14-18-5-3-4-6-21(18)30-2/h3-10,19H,11-15H2,1-2H3. The number of nitrogens with zero attached hydrogens (tertiary/aromatic N) is 3. The molecule has 4 rings (SSSR count). The minimum absolute atomic E-state index is 0.0405. The summed E-state index contributed by atoms with van der Waals surface area (Å²) >= 11 is 0. The third kappa shape index (κ3) is 4.82. The first-order valence-electron chi connectivity index (χ1n) is 10.4. The summed E-state index contributed by atoms with van der Waals surface area (Å²) in [4.78, 5) is 31.1. The Hall–Kier alpha value is -3.48. The number of aryl methyl sites for hydroxylation is 2. The van der Waals surface area contributed by atoms with E-state index in [0.717, 1.165) is 16.9 Å². The zero-order valence-electron chi connectivity index (χ0n) is 17.7. The van der Waals surface area contributed by atoms with E-state index in [1.165, 1.54) is 0 Å². The van der Waals surface area contributed by atoms with Gasteiger partial charge in [-0.25, -0.2) is 0 Å². The van der Waals surface area contributed by atoms with Gasteiger partial charge in [-0.3, -0.25) is 9.59 Å². The smallest absolute Gasteiger partial charge is 0.227 e. The van der Waals surface area contributed by atoms with Gasteiger partial charge in [0.25, 0.3) is 0 Å². The zero-order valence-corrected chi connectivity index (χ0v) is 17.7. The van der Waals surface area contributed by atoms with Crippen molar-refractivity contribution in [2.45, 2.75) is 38.6 Å². The summed E-state index contributed by atoms with van der Waals surface area (Å²) in [5, 5.41) is 4.07. The van der Waals surface area contributed by atoms with E-state index in [4.69, 9.17) is 9.26 Å². The lowest BCUT2D eigenvalue weighted by molar-refractivity contribution is -0.128. The minimum Gasteiger partial charge on any atom is -0.496 e. The molecule has 3 aromatic rings. The van der Waals surface area contributed by atoms with Crippen LogP contribution < -0.4 is 4.74 Å². The average molecular weight is 419 g/mol. The molecule has 7 heteroatoms. The Morgan fingerprint density at radius 2 is 1.97 bits per heavy atom. The molecule has 0 radical (unpaired) electrons. The lowest BCUT2D eigenvalue weighted by Crippen LogP contribution is -2.24. The SMILES string of the molecule is COc1ccccc1CN1CC(c2noc(CCC(=O)c3ccc(C)cc3)n2)CC1=O. The predicted molar refractivity (Wildman–Crippen MR) is 114 cm³/mol. The third-order valence-electron chi connectivity index (χ3n) is 5.56. The minimum atomic E-state index is -0.118. The fourth-order valence-corrected chi connectivity index (χ4v) is 3.78. The molecule has 31 heavy (non-hydrogen) atoms. The van der Waals surface area contributed by atoms with E-state index in [9.17, 15) is 9.59 Å². The number of amides is 1. The maximum absolute atomic E-state index is 12.5. The number of para-hydroxylation sites is 1. The summed E-state index contributed by atoms with van der Waals surface area (Å²) in [5.41, 5.74) is 2.75. The Morgan fingerprint density at radius 3 is 2.74 bits per heavy atom. The monoisotopic (exact) mass is 419 g/mol. The van der Waals surface area contributed by atoms with Crippen molar-refractivity contribution in [1.29, 1.82) is 0 Å². The average Bonchev–Trinajstić information content (AvgIpc) is 3.40. The number of rotatable bonds is 8. The molecule has 7 nitrogen and oxygen atoms in total. The van der Waals surface area contributed by atoms with Gasteiger partial charge in [-0.2, -0.15) is 4.98 Å². The van der Waals surface area contributed by atoms with Gasteiger partial charge >= 0.3 is 0 Å². The normalized spacial score (nSPS) is 16.0.